The third kappa shape index (κ3) is 4.64. The van der Waals surface area contributed by atoms with E-state index in [0.29, 0.717) is 29.3 Å². The fourth-order valence-electron chi connectivity index (χ4n) is 4.49. The van der Waals surface area contributed by atoms with Crippen molar-refractivity contribution in [3.05, 3.63) is 57.8 Å². The number of hydrogen-bond acceptors (Lipinski definition) is 5. The fraction of sp³-hybridized carbons (Fsp3) is 0.458. The van der Waals surface area contributed by atoms with Crippen LogP contribution in [0.15, 0.2) is 41.8 Å². The zero-order valence-electron chi connectivity index (χ0n) is 17.0. The van der Waals surface area contributed by atoms with Crippen LogP contribution in [0.5, 0.6) is 0 Å². The predicted molar refractivity (Wildman–Crippen MR) is 116 cm³/mol. The first-order valence-electron chi connectivity index (χ1n) is 10.8. The molecule has 0 N–H and O–H groups in total. The molecule has 1 atom stereocenters. The summed E-state index contributed by atoms with van der Waals surface area (Å²) in [4.78, 5) is 39.8. The van der Waals surface area contributed by atoms with Gasteiger partial charge in [0.2, 0.25) is 0 Å². The molecular weight excluding hydrogens is 398 g/mol. The van der Waals surface area contributed by atoms with Crippen molar-refractivity contribution in [3.8, 4) is 0 Å². The highest BCUT2D eigenvalue weighted by molar-refractivity contribution is 7.12. The van der Waals surface area contributed by atoms with E-state index in [4.69, 9.17) is 4.74 Å². The van der Waals surface area contributed by atoms with Gasteiger partial charge in [0.15, 0.2) is 12.4 Å². The number of ketones is 1. The van der Waals surface area contributed by atoms with Crippen LogP contribution >= 0.6 is 11.3 Å². The zero-order valence-corrected chi connectivity index (χ0v) is 17.9. The molecule has 1 aliphatic carbocycles. The number of hydrogen-bond donors (Lipinski definition) is 0. The molecule has 2 aromatic rings. The van der Waals surface area contributed by atoms with Crippen LogP contribution in [0.2, 0.25) is 0 Å². The highest BCUT2D eigenvalue weighted by Crippen LogP contribution is 2.32. The van der Waals surface area contributed by atoms with E-state index >= 15 is 0 Å². The summed E-state index contributed by atoms with van der Waals surface area (Å²) in [5.41, 5.74) is 1.84. The first-order chi connectivity index (χ1) is 14.6. The Morgan fingerprint density at radius 2 is 1.73 bits per heavy atom. The van der Waals surface area contributed by atoms with Crippen molar-refractivity contribution in [1.82, 2.24) is 4.90 Å². The van der Waals surface area contributed by atoms with Crippen molar-refractivity contribution in [2.24, 2.45) is 0 Å². The highest BCUT2D eigenvalue weighted by atomic mass is 32.1. The Balaban J connectivity index is 1.32. The van der Waals surface area contributed by atoms with E-state index in [1.54, 1.807) is 11.0 Å². The first kappa shape index (κ1) is 20.8. The lowest BCUT2D eigenvalue weighted by Crippen LogP contribution is -2.41. The van der Waals surface area contributed by atoms with Crippen molar-refractivity contribution in [3.63, 3.8) is 0 Å². The molecule has 0 radical (unpaired) electrons. The van der Waals surface area contributed by atoms with E-state index in [0.717, 1.165) is 6.42 Å². The fourth-order valence-corrected chi connectivity index (χ4v) is 5.17. The van der Waals surface area contributed by atoms with Gasteiger partial charge in [0.25, 0.3) is 5.91 Å². The van der Waals surface area contributed by atoms with Crippen LogP contribution in [0.1, 0.15) is 76.5 Å². The van der Waals surface area contributed by atoms with Crippen LogP contribution in [-0.2, 0) is 9.53 Å². The molecule has 2 aliphatic rings. The Kier molecular flexibility index (Phi) is 6.62. The quantitative estimate of drug-likeness (QED) is 0.491. The molecule has 1 aromatic heterocycles. The van der Waals surface area contributed by atoms with Crippen LogP contribution in [0.25, 0.3) is 0 Å². The lowest BCUT2D eigenvalue weighted by atomic mass is 9.84. The Hall–Kier alpha value is -2.47. The number of carbonyl (C=O) groups excluding carboxylic acids is 3. The van der Waals surface area contributed by atoms with Crippen LogP contribution in [0.3, 0.4) is 0 Å². The second kappa shape index (κ2) is 9.56. The molecule has 2 heterocycles. The summed E-state index contributed by atoms with van der Waals surface area (Å²) in [5, 5.41) is 1.84. The third-order valence-corrected chi connectivity index (χ3v) is 7.03. The topological polar surface area (TPSA) is 63.7 Å². The number of Topliss-reactive ketones (excluding diaryl/α,β-unsaturated/α-hetero) is 1. The summed E-state index contributed by atoms with van der Waals surface area (Å²) in [6.45, 7) is 0.242. The van der Waals surface area contributed by atoms with E-state index in [1.807, 2.05) is 35.7 Å². The van der Waals surface area contributed by atoms with E-state index in [9.17, 15) is 14.4 Å². The smallest absolute Gasteiger partial charge is 0.329 e. The second-order valence-electron chi connectivity index (χ2n) is 8.12. The Morgan fingerprint density at radius 1 is 0.967 bits per heavy atom. The second-order valence-corrected chi connectivity index (χ2v) is 9.07. The zero-order chi connectivity index (χ0) is 20.9. The molecule has 1 saturated heterocycles. The molecule has 4 rings (SSSR count). The van der Waals surface area contributed by atoms with Gasteiger partial charge >= 0.3 is 5.97 Å². The van der Waals surface area contributed by atoms with E-state index in [1.165, 1.54) is 49.0 Å². The monoisotopic (exact) mass is 425 g/mol. The average molecular weight is 426 g/mol. The molecule has 6 heteroatoms. The maximum Gasteiger partial charge on any atom is 0.329 e. The van der Waals surface area contributed by atoms with Crippen LogP contribution in [0.4, 0.5) is 0 Å². The van der Waals surface area contributed by atoms with Crippen LogP contribution < -0.4 is 0 Å². The molecule has 1 aliphatic heterocycles. The Bertz CT molecular complexity index is 884. The number of nitrogens with zero attached hydrogens (tertiary/aromatic N) is 1. The van der Waals surface area contributed by atoms with Gasteiger partial charge in [-0.2, -0.15) is 0 Å². The molecule has 1 amide bonds. The van der Waals surface area contributed by atoms with E-state index in [2.05, 4.69) is 0 Å². The van der Waals surface area contributed by atoms with Gasteiger partial charge in [-0.05, 0) is 48.6 Å². The summed E-state index contributed by atoms with van der Waals surface area (Å²) in [6, 6.07) is 10.7. The molecule has 1 aromatic carbocycles. The molecule has 0 spiro atoms. The van der Waals surface area contributed by atoms with Crippen molar-refractivity contribution in [2.75, 3.05) is 13.2 Å². The first-order valence-corrected chi connectivity index (χ1v) is 11.7. The van der Waals surface area contributed by atoms with E-state index in [-0.39, 0.29) is 18.3 Å². The Morgan fingerprint density at radius 3 is 2.43 bits per heavy atom. The summed E-state index contributed by atoms with van der Waals surface area (Å²) in [6.07, 6.45) is 7.62. The number of rotatable bonds is 6. The van der Waals surface area contributed by atoms with Crippen molar-refractivity contribution >= 4 is 29.0 Å². The number of amides is 1. The van der Waals surface area contributed by atoms with Gasteiger partial charge < -0.3 is 9.64 Å². The number of carbonyl (C=O) groups is 3. The largest absolute Gasteiger partial charge is 0.456 e. The molecule has 1 unspecified atom stereocenters. The van der Waals surface area contributed by atoms with Crippen molar-refractivity contribution in [1.29, 1.82) is 0 Å². The number of ether oxygens (including phenoxy) is 1. The lowest BCUT2D eigenvalue weighted by Gasteiger charge is -2.22. The van der Waals surface area contributed by atoms with E-state index < -0.39 is 12.0 Å². The molecule has 1 saturated carbocycles. The average Bonchev–Trinajstić information content (AvgIpc) is 3.50. The number of esters is 1. The SMILES string of the molecule is O=C(COC(=O)C1CCCN1C(=O)c1cccs1)c1ccc(C2CCCCC2)cc1. The van der Waals surface area contributed by atoms with Gasteiger partial charge in [-0.25, -0.2) is 4.79 Å². The van der Waals surface area contributed by atoms with Gasteiger partial charge in [-0.15, -0.1) is 11.3 Å². The predicted octanol–water partition coefficient (Wildman–Crippen LogP) is 4.83. The standard InChI is InChI=1S/C24H27NO4S/c26-21(19-12-10-18(11-13-19)17-6-2-1-3-7-17)16-29-24(28)20-8-4-14-25(20)23(27)22-9-5-15-30-22/h5,9-13,15,17,20H,1-4,6-8,14,16H2. The third-order valence-electron chi connectivity index (χ3n) is 6.17. The maximum absolute atomic E-state index is 12.6. The maximum atomic E-state index is 12.6. The molecule has 0 bridgehead atoms. The number of thiophene rings is 1. The molecular formula is C24H27NO4S. The molecule has 158 valence electrons. The Labute approximate surface area is 181 Å². The van der Waals surface area contributed by atoms with Crippen molar-refractivity contribution < 1.29 is 19.1 Å². The van der Waals surface area contributed by atoms with Crippen LogP contribution in [-0.4, -0.2) is 41.8 Å². The summed E-state index contributed by atoms with van der Waals surface area (Å²) < 4.78 is 5.31. The van der Waals surface area contributed by atoms with Gasteiger partial charge in [0.05, 0.1) is 4.88 Å². The van der Waals surface area contributed by atoms with Gasteiger partial charge in [-0.3, -0.25) is 9.59 Å². The molecule has 30 heavy (non-hydrogen) atoms. The summed E-state index contributed by atoms with van der Waals surface area (Å²) >= 11 is 1.36. The number of likely N-dealkylation sites (tertiary alicyclic amines) is 1. The normalized spacial score (nSPS) is 19.6. The highest BCUT2D eigenvalue weighted by Gasteiger charge is 2.36. The van der Waals surface area contributed by atoms with Gasteiger partial charge in [0, 0.05) is 12.1 Å². The minimum atomic E-state index is -0.610. The molecule has 2 fully saturated rings. The number of benzene rings is 1. The van der Waals surface area contributed by atoms with Gasteiger partial charge in [0.1, 0.15) is 6.04 Å². The minimum Gasteiger partial charge on any atom is -0.456 e. The van der Waals surface area contributed by atoms with Gasteiger partial charge in [-0.1, -0.05) is 49.6 Å². The summed E-state index contributed by atoms with van der Waals surface area (Å²) in [7, 11) is 0. The summed E-state index contributed by atoms with van der Waals surface area (Å²) in [5.74, 6) is -0.263. The minimum absolute atomic E-state index is 0.144. The van der Waals surface area contributed by atoms with Crippen molar-refractivity contribution in [2.45, 2.75) is 56.9 Å². The molecule has 5 nitrogen and oxygen atoms in total. The lowest BCUT2D eigenvalue weighted by molar-refractivity contribution is -0.147. The van der Waals surface area contributed by atoms with Crippen LogP contribution in [0, 0.1) is 0 Å².